The molecule has 0 rings (SSSR count). The summed E-state index contributed by atoms with van der Waals surface area (Å²) < 4.78 is 34.5. The number of phosphoric ester groups is 1. The number of allylic oxidation sites excluding steroid dienone is 20. The molecular weight excluding hydrogens is 966 g/mol. The molecule has 0 heterocycles. The van der Waals surface area contributed by atoms with Crippen molar-refractivity contribution in [2.24, 2.45) is 0 Å². The quantitative estimate of drug-likeness (QED) is 0.0211. The zero-order valence-corrected chi connectivity index (χ0v) is 50.1. The first kappa shape index (κ1) is 72.4. The fraction of sp³-hybridized carbons (Fsp3) is 0.667. The van der Waals surface area contributed by atoms with E-state index < -0.39 is 26.5 Å². The smallest absolute Gasteiger partial charge is 0.462 e. The summed E-state index contributed by atoms with van der Waals surface area (Å²) in [6.07, 6.45) is 80.0. The lowest BCUT2D eigenvalue weighted by Gasteiger charge is -2.24. The third-order valence-corrected chi connectivity index (χ3v) is 13.5. The van der Waals surface area contributed by atoms with Gasteiger partial charge in [0.05, 0.1) is 27.7 Å². The summed E-state index contributed by atoms with van der Waals surface area (Å²) in [6, 6.07) is 0. The second-order valence-corrected chi connectivity index (χ2v) is 22.5. The summed E-state index contributed by atoms with van der Waals surface area (Å²) in [5.41, 5.74) is 0. The van der Waals surface area contributed by atoms with Gasteiger partial charge in [-0.2, -0.15) is 0 Å². The Balaban J connectivity index is 4.23. The largest absolute Gasteiger partial charge is 0.472 e. The van der Waals surface area contributed by atoms with Crippen LogP contribution in [-0.2, 0) is 32.7 Å². The molecule has 0 aliphatic carbocycles. The van der Waals surface area contributed by atoms with E-state index in [1.807, 2.05) is 27.2 Å². The van der Waals surface area contributed by atoms with Crippen molar-refractivity contribution in [2.75, 3.05) is 47.5 Å². The van der Waals surface area contributed by atoms with Crippen molar-refractivity contribution in [3.63, 3.8) is 0 Å². The van der Waals surface area contributed by atoms with Crippen LogP contribution in [0, 0.1) is 0 Å². The van der Waals surface area contributed by atoms with Crippen LogP contribution in [0.25, 0.3) is 0 Å². The van der Waals surface area contributed by atoms with Gasteiger partial charge in [0.25, 0.3) is 0 Å². The third kappa shape index (κ3) is 59.7. The molecular formula is C66H113NO8P+. The average Bonchev–Trinajstić information content (AvgIpc) is 3.38. The molecule has 0 fully saturated rings. The van der Waals surface area contributed by atoms with Gasteiger partial charge in [-0.25, -0.2) is 4.57 Å². The van der Waals surface area contributed by atoms with Crippen LogP contribution >= 0.6 is 7.82 Å². The van der Waals surface area contributed by atoms with Crippen LogP contribution in [0.2, 0.25) is 0 Å². The maximum atomic E-state index is 12.8. The van der Waals surface area contributed by atoms with E-state index in [1.54, 1.807) is 0 Å². The lowest BCUT2D eigenvalue weighted by molar-refractivity contribution is -0.870. The van der Waals surface area contributed by atoms with Crippen molar-refractivity contribution in [2.45, 2.75) is 238 Å². The molecule has 0 saturated carbocycles. The maximum Gasteiger partial charge on any atom is 0.472 e. The van der Waals surface area contributed by atoms with Crippen molar-refractivity contribution in [3.8, 4) is 0 Å². The van der Waals surface area contributed by atoms with Crippen LogP contribution in [0.1, 0.15) is 232 Å². The Morgan fingerprint density at radius 3 is 1.16 bits per heavy atom. The summed E-state index contributed by atoms with van der Waals surface area (Å²) in [5, 5.41) is 0. The number of unbranched alkanes of at least 4 members (excludes halogenated alkanes) is 20. The van der Waals surface area contributed by atoms with Gasteiger partial charge in [-0.15, -0.1) is 0 Å². The fourth-order valence-corrected chi connectivity index (χ4v) is 8.58. The van der Waals surface area contributed by atoms with Gasteiger partial charge in [-0.1, -0.05) is 238 Å². The molecule has 0 spiro atoms. The van der Waals surface area contributed by atoms with Gasteiger partial charge in [0.2, 0.25) is 0 Å². The predicted molar refractivity (Wildman–Crippen MR) is 325 cm³/mol. The number of hydrogen-bond donors (Lipinski definition) is 1. The molecule has 76 heavy (non-hydrogen) atoms. The highest BCUT2D eigenvalue weighted by Crippen LogP contribution is 2.43. The van der Waals surface area contributed by atoms with E-state index in [2.05, 4.69) is 129 Å². The Bertz CT molecular complexity index is 1700. The van der Waals surface area contributed by atoms with E-state index in [9.17, 15) is 19.0 Å². The normalized spacial score (nSPS) is 14.1. The first-order valence-corrected chi connectivity index (χ1v) is 31.8. The Hall–Kier alpha value is -3.59. The predicted octanol–water partition coefficient (Wildman–Crippen LogP) is 19.1. The van der Waals surface area contributed by atoms with Crippen LogP contribution in [0.15, 0.2) is 122 Å². The number of quaternary nitrogens is 1. The van der Waals surface area contributed by atoms with Crippen molar-refractivity contribution in [3.05, 3.63) is 122 Å². The second-order valence-electron chi connectivity index (χ2n) is 21.0. The van der Waals surface area contributed by atoms with Gasteiger partial charge >= 0.3 is 19.8 Å². The summed E-state index contributed by atoms with van der Waals surface area (Å²) >= 11 is 0. The van der Waals surface area contributed by atoms with Gasteiger partial charge in [-0.3, -0.25) is 18.6 Å². The van der Waals surface area contributed by atoms with E-state index >= 15 is 0 Å². The van der Waals surface area contributed by atoms with Crippen LogP contribution in [0.5, 0.6) is 0 Å². The highest BCUT2D eigenvalue weighted by Gasteiger charge is 2.27. The lowest BCUT2D eigenvalue weighted by atomic mass is 10.0. The molecule has 9 nitrogen and oxygen atoms in total. The Morgan fingerprint density at radius 1 is 0.421 bits per heavy atom. The van der Waals surface area contributed by atoms with Gasteiger partial charge in [0.15, 0.2) is 6.10 Å². The monoisotopic (exact) mass is 1080 g/mol. The molecule has 0 radical (unpaired) electrons. The molecule has 0 aliphatic rings. The van der Waals surface area contributed by atoms with E-state index in [0.29, 0.717) is 23.9 Å². The summed E-state index contributed by atoms with van der Waals surface area (Å²) in [7, 11) is 1.43. The van der Waals surface area contributed by atoms with Crippen LogP contribution < -0.4 is 0 Å². The first-order valence-electron chi connectivity index (χ1n) is 30.3. The summed E-state index contributed by atoms with van der Waals surface area (Å²) in [6.45, 7) is 4.23. The molecule has 434 valence electrons. The summed E-state index contributed by atoms with van der Waals surface area (Å²) in [4.78, 5) is 35.7. The third-order valence-electron chi connectivity index (χ3n) is 12.5. The van der Waals surface area contributed by atoms with E-state index in [0.717, 1.165) is 77.0 Å². The Kier molecular flexibility index (Phi) is 53.5. The van der Waals surface area contributed by atoms with Crippen molar-refractivity contribution >= 4 is 19.8 Å². The average molecular weight is 1080 g/mol. The number of rotatable bonds is 54. The zero-order valence-electron chi connectivity index (χ0n) is 49.2. The van der Waals surface area contributed by atoms with Crippen molar-refractivity contribution in [1.82, 2.24) is 0 Å². The van der Waals surface area contributed by atoms with Crippen LogP contribution in [0.3, 0.4) is 0 Å². The van der Waals surface area contributed by atoms with E-state index in [-0.39, 0.29) is 32.0 Å². The minimum atomic E-state index is -4.41. The number of nitrogens with zero attached hydrogens (tertiary/aromatic N) is 1. The Labute approximate surface area is 467 Å². The topological polar surface area (TPSA) is 108 Å². The molecule has 1 N–H and O–H groups in total. The second kappa shape index (κ2) is 56.1. The number of carbonyl (C=O) groups excluding carboxylic acids is 2. The molecule has 0 aromatic carbocycles. The van der Waals surface area contributed by atoms with E-state index in [1.165, 1.54) is 116 Å². The number of phosphoric acid groups is 1. The Morgan fingerprint density at radius 2 is 0.763 bits per heavy atom. The first-order chi connectivity index (χ1) is 37.0. The minimum absolute atomic E-state index is 0.0143. The fourth-order valence-electron chi connectivity index (χ4n) is 7.83. The molecule has 0 saturated heterocycles. The van der Waals surface area contributed by atoms with Gasteiger partial charge in [0.1, 0.15) is 19.8 Å². The van der Waals surface area contributed by atoms with Gasteiger partial charge in [0, 0.05) is 12.8 Å². The maximum absolute atomic E-state index is 12.8. The minimum Gasteiger partial charge on any atom is -0.462 e. The molecule has 0 aromatic rings. The summed E-state index contributed by atoms with van der Waals surface area (Å²) in [5.74, 6) is -0.873. The molecule has 0 bridgehead atoms. The molecule has 2 atom stereocenters. The number of esters is 2. The van der Waals surface area contributed by atoms with Crippen molar-refractivity contribution in [1.29, 1.82) is 0 Å². The van der Waals surface area contributed by atoms with Gasteiger partial charge in [-0.05, 0) is 103 Å². The van der Waals surface area contributed by atoms with Crippen LogP contribution in [0.4, 0.5) is 0 Å². The molecule has 10 heteroatoms. The number of hydrogen-bond acceptors (Lipinski definition) is 7. The molecule has 0 aliphatic heterocycles. The number of ether oxygens (including phenoxy) is 2. The van der Waals surface area contributed by atoms with E-state index in [4.69, 9.17) is 18.5 Å². The SMILES string of the molecule is CC/C=C\C/C=C\C/C=C\C/C=C\C/C=C\C/C=C\C/C=C\CCCC(=O)OC(COC(=O)CCCCCCCCCCCCCCCC/C=C\C/C=C\C/C=C\CCCCCCC)COP(=O)(O)OCC[N+](C)(C)C. The lowest BCUT2D eigenvalue weighted by Crippen LogP contribution is -2.37. The molecule has 2 unspecified atom stereocenters. The highest BCUT2D eigenvalue weighted by molar-refractivity contribution is 7.47. The number of likely N-dealkylation sites (N-methyl/N-ethyl adjacent to an activating group) is 1. The van der Waals surface area contributed by atoms with Crippen LogP contribution in [-0.4, -0.2) is 74.9 Å². The number of carbonyl (C=O) groups is 2. The van der Waals surface area contributed by atoms with Gasteiger partial charge < -0.3 is 18.9 Å². The zero-order chi connectivity index (χ0) is 55.6. The van der Waals surface area contributed by atoms with Crippen molar-refractivity contribution < 1.29 is 42.1 Å². The standard InChI is InChI=1S/C66H112NO8P/c1-6-8-10-12-14-16-18-20-22-24-26-28-30-31-32-33-34-35-37-38-40-42-44-46-48-50-52-54-56-58-65(68)72-62-64(63-74-76(70,71)73-61-60-67(3,4)5)75-66(69)59-57-55-53-51-49-47-45-43-41-39-36-29-27-25-23-21-19-17-15-13-11-9-7-2/h9,11,15,17-18,20-21,23-24,26-27,29-31,39,41,45,47,51,53,64H,6-8,10,12-14,16,19,22,25,28,32-38,40,42-44,46,48-50,52,54-63H2,1-5H3/p+1/b11-9-,17-15-,20-18-,23-21-,26-24-,29-27-,31-30-,41-39-,47-45-,53-51-. The highest BCUT2D eigenvalue weighted by atomic mass is 31.2. The molecule has 0 amide bonds. The molecule has 0 aromatic heterocycles.